The lowest BCUT2D eigenvalue weighted by Gasteiger charge is -2.51. The summed E-state index contributed by atoms with van der Waals surface area (Å²) in [6, 6.07) is 6.18. The Bertz CT molecular complexity index is 890. The number of aryl methyl sites for hydroxylation is 1. The van der Waals surface area contributed by atoms with Crippen LogP contribution in [0.25, 0.3) is 0 Å². The zero-order chi connectivity index (χ0) is 18.7. The molecule has 4 fully saturated rings. The van der Waals surface area contributed by atoms with Crippen LogP contribution in [0.3, 0.4) is 0 Å². The third-order valence-electron chi connectivity index (χ3n) is 6.56. The summed E-state index contributed by atoms with van der Waals surface area (Å²) in [5.41, 5.74) is 1.60. The van der Waals surface area contributed by atoms with Gasteiger partial charge < -0.3 is 4.90 Å². The van der Waals surface area contributed by atoms with Crippen molar-refractivity contribution in [3.63, 3.8) is 0 Å². The lowest BCUT2D eigenvalue weighted by molar-refractivity contribution is -0.00376. The fourth-order valence-electron chi connectivity index (χ4n) is 5.41. The van der Waals surface area contributed by atoms with Gasteiger partial charge in [-0.1, -0.05) is 12.1 Å². The number of hydrogen-bond donors (Lipinski definition) is 1. The van der Waals surface area contributed by atoms with E-state index in [1.54, 1.807) is 18.2 Å². The molecule has 1 amide bonds. The van der Waals surface area contributed by atoms with Crippen molar-refractivity contribution in [3.05, 3.63) is 52.9 Å². The van der Waals surface area contributed by atoms with Crippen LogP contribution < -0.4 is 0 Å². The van der Waals surface area contributed by atoms with Crippen molar-refractivity contribution in [2.75, 3.05) is 19.6 Å². The number of hydrogen-bond acceptors (Lipinski definition) is 3. The van der Waals surface area contributed by atoms with Gasteiger partial charge in [0.1, 0.15) is 5.69 Å². The fraction of sp³-hybridized carbons (Fsp3) is 0.500. The Labute approximate surface area is 156 Å². The molecule has 142 valence electrons. The number of nitrogens with zero attached hydrogens (tertiary/aromatic N) is 3. The van der Waals surface area contributed by atoms with Gasteiger partial charge in [-0.2, -0.15) is 5.10 Å². The van der Waals surface area contributed by atoms with E-state index in [4.69, 9.17) is 0 Å². The number of rotatable bonds is 2. The van der Waals surface area contributed by atoms with Gasteiger partial charge >= 0.3 is 0 Å². The minimum Gasteiger partial charge on any atom is -0.332 e. The van der Waals surface area contributed by atoms with Crippen LogP contribution in [-0.4, -0.2) is 57.6 Å². The molecular formula is C20H22F2N4O. The van der Waals surface area contributed by atoms with E-state index in [0.29, 0.717) is 23.7 Å². The predicted octanol–water partition coefficient (Wildman–Crippen LogP) is 2.70. The molecule has 6 rings (SSSR count). The Morgan fingerprint density at radius 2 is 2.00 bits per heavy atom. The Kier molecular flexibility index (Phi) is 3.82. The van der Waals surface area contributed by atoms with Crippen LogP contribution in [0, 0.1) is 24.5 Å². The van der Waals surface area contributed by atoms with E-state index in [9.17, 15) is 13.6 Å². The van der Waals surface area contributed by atoms with Crippen LogP contribution in [0.1, 0.15) is 40.5 Å². The third kappa shape index (κ3) is 2.51. The Morgan fingerprint density at radius 3 is 2.70 bits per heavy atom. The van der Waals surface area contributed by atoms with Crippen molar-refractivity contribution in [1.29, 1.82) is 0 Å². The molecule has 5 nitrogen and oxygen atoms in total. The molecule has 0 unspecified atom stereocenters. The molecule has 0 saturated carbocycles. The average molecular weight is 372 g/mol. The van der Waals surface area contributed by atoms with Crippen LogP contribution >= 0.6 is 0 Å². The van der Waals surface area contributed by atoms with E-state index in [2.05, 4.69) is 15.1 Å². The number of benzene rings is 1. The lowest BCUT2D eigenvalue weighted by Crippen LogP contribution is -2.60. The quantitative estimate of drug-likeness (QED) is 0.882. The van der Waals surface area contributed by atoms with Crippen molar-refractivity contribution >= 4 is 5.91 Å². The van der Waals surface area contributed by atoms with Crippen LogP contribution in [0.4, 0.5) is 8.78 Å². The molecular weight excluding hydrogens is 350 g/mol. The molecule has 4 aliphatic rings. The highest BCUT2D eigenvalue weighted by atomic mass is 19.2. The third-order valence-corrected chi connectivity index (χ3v) is 6.56. The Balaban J connectivity index is 1.56. The van der Waals surface area contributed by atoms with Crippen LogP contribution in [0.2, 0.25) is 0 Å². The normalized spacial score (nSPS) is 32.0. The van der Waals surface area contributed by atoms with Gasteiger partial charge in [0.2, 0.25) is 0 Å². The average Bonchev–Trinajstić information content (AvgIpc) is 3.30. The van der Waals surface area contributed by atoms with Crippen LogP contribution in [-0.2, 0) is 0 Å². The molecule has 4 aliphatic heterocycles. The van der Waals surface area contributed by atoms with E-state index in [-0.39, 0.29) is 23.9 Å². The first-order valence-corrected chi connectivity index (χ1v) is 9.55. The molecule has 4 saturated heterocycles. The maximum absolute atomic E-state index is 14.6. The standard InChI is InChI=1S/C20H22F2N4O/c1-11-9-16(24-23-11)20(27)26-10-14(13-3-2-4-15(21)17(13)22)19-18(26)12-5-7-25(19)8-6-12/h2-4,9,12,14,18-19H,5-8,10H2,1H3,(H,23,24)/t14-,18+,19+/m0/s1. The summed E-state index contributed by atoms with van der Waals surface area (Å²) >= 11 is 0. The second-order valence-corrected chi connectivity index (χ2v) is 8.00. The summed E-state index contributed by atoms with van der Waals surface area (Å²) in [6.45, 7) is 4.18. The molecule has 0 spiro atoms. The second-order valence-electron chi connectivity index (χ2n) is 8.00. The topological polar surface area (TPSA) is 52.2 Å². The Hall–Kier alpha value is -2.28. The molecule has 0 radical (unpaired) electrons. The van der Waals surface area contributed by atoms with Crippen molar-refractivity contribution in [2.45, 2.75) is 37.8 Å². The van der Waals surface area contributed by atoms with E-state index in [1.165, 1.54) is 0 Å². The zero-order valence-corrected chi connectivity index (χ0v) is 15.2. The number of aromatic nitrogens is 2. The molecule has 5 heterocycles. The SMILES string of the molecule is Cc1cc(C(=O)N2C[C@@H](c3cccc(F)c3F)[C@@H]3[C@H]2C2CCN3CC2)n[nH]1. The highest BCUT2D eigenvalue weighted by Gasteiger charge is 2.55. The van der Waals surface area contributed by atoms with Gasteiger partial charge in [0.15, 0.2) is 11.6 Å². The monoisotopic (exact) mass is 372 g/mol. The summed E-state index contributed by atoms with van der Waals surface area (Å²) in [7, 11) is 0. The number of nitrogens with one attached hydrogen (secondary N) is 1. The first kappa shape index (κ1) is 16.9. The van der Waals surface area contributed by atoms with Gasteiger partial charge in [-0.3, -0.25) is 14.8 Å². The van der Waals surface area contributed by atoms with E-state index >= 15 is 0 Å². The van der Waals surface area contributed by atoms with Crippen LogP contribution in [0.5, 0.6) is 0 Å². The minimum atomic E-state index is -0.826. The predicted molar refractivity (Wildman–Crippen MR) is 95.3 cm³/mol. The van der Waals surface area contributed by atoms with Crippen molar-refractivity contribution in [2.24, 2.45) is 5.92 Å². The lowest BCUT2D eigenvalue weighted by atomic mass is 9.75. The number of aromatic amines is 1. The Morgan fingerprint density at radius 1 is 1.22 bits per heavy atom. The maximum Gasteiger partial charge on any atom is 0.274 e. The summed E-state index contributed by atoms with van der Waals surface area (Å²) in [4.78, 5) is 17.4. The largest absolute Gasteiger partial charge is 0.332 e. The number of piperidine rings is 3. The summed E-state index contributed by atoms with van der Waals surface area (Å²) in [5, 5.41) is 6.95. The molecule has 0 aliphatic carbocycles. The molecule has 1 aromatic heterocycles. The minimum absolute atomic E-state index is 0.0321. The van der Waals surface area contributed by atoms with Crippen LogP contribution in [0.15, 0.2) is 24.3 Å². The molecule has 2 bridgehead atoms. The van der Waals surface area contributed by atoms with Gasteiger partial charge in [-0.25, -0.2) is 8.78 Å². The molecule has 27 heavy (non-hydrogen) atoms. The number of amides is 1. The second kappa shape index (κ2) is 6.12. The van der Waals surface area contributed by atoms with Gasteiger partial charge in [-0.05, 0) is 56.5 Å². The van der Waals surface area contributed by atoms with Gasteiger partial charge in [0.25, 0.3) is 5.91 Å². The van der Waals surface area contributed by atoms with Crippen molar-refractivity contribution in [1.82, 2.24) is 20.0 Å². The summed E-state index contributed by atoms with van der Waals surface area (Å²) < 4.78 is 28.5. The van der Waals surface area contributed by atoms with Gasteiger partial charge in [-0.15, -0.1) is 0 Å². The number of likely N-dealkylation sites (tertiary alicyclic amines) is 1. The molecule has 1 N–H and O–H groups in total. The maximum atomic E-state index is 14.6. The van der Waals surface area contributed by atoms with E-state index in [1.807, 2.05) is 11.8 Å². The first-order chi connectivity index (χ1) is 13.0. The molecule has 2 aromatic rings. The molecule has 3 atom stereocenters. The first-order valence-electron chi connectivity index (χ1n) is 9.55. The molecule has 7 heteroatoms. The van der Waals surface area contributed by atoms with E-state index < -0.39 is 11.6 Å². The van der Waals surface area contributed by atoms with Crippen molar-refractivity contribution < 1.29 is 13.6 Å². The highest BCUT2D eigenvalue weighted by molar-refractivity contribution is 5.93. The number of halogens is 2. The van der Waals surface area contributed by atoms with Gasteiger partial charge in [0.05, 0.1) is 6.04 Å². The summed E-state index contributed by atoms with van der Waals surface area (Å²) in [6.07, 6.45) is 2.09. The smallest absolute Gasteiger partial charge is 0.274 e. The zero-order valence-electron chi connectivity index (χ0n) is 15.2. The number of fused-ring (bicyclic) bond motifs is 2. The van der Waals surface area contributed by atoms with Gasteiger partial charge in [0, 0.05) is 24.2 Å². The fourth-order valence-corrected chi connectivity index (χ4v) is 5.41. The number of carbonyl (C=O) groups excluding carboxylic acids is 1. The highest BCUT2D eigenvalue weighted by Crippen LogP contribution is 2.47. The van der Waals surface area contributed by atoms with E-state index in [0.717, 1.165) is 37.7 Å². The molecule has 1 aromatic carbocycles. The number of carbonyl (C=O) groups is 1. The van der Waals surface area contributed by atoms with Crippen molar-refractivity contribution in [3.8, 4) is 0 Å². The number of H-pyrrole nitrogens is 1. The summed E-state index contributed by atoms with van der Waals surface area (Å²) in [5.74, 6) is -1.55.